The Morgan fingerprint density at radius 2 is 1.32 bits per heavy atom. The predicted octanol–water partition coefficient (Wildman–Crippen LogP) is 12.0. The number of aromatic nitrogens is 5. The van der Waals surface area contributed by atoms with Gasteiger partial charge >= 0.3 is 0 Å². The number of hydrogen-bond donors (Lipinski definition) is 3. The van der Waals surface area contributed by atoms with Gasteiger partial charge in [0.05, 0.1) is 50.2 Å². The minimum atomic E-state index is -3.19. The normalized spacial score (nSPS) is 11.9. The molecule has 79 heavy (non-hydrogen) atoms. The first-order valence-electron chi connectivity index (χ1n) is 24.5. The van der Waals surface area contributed by atoms with E-state index in [-0.39, 0.29) is 59.5 Å². The van der Waals surface area contributed by atoms with E-state index in [1.54, 1.807) is 54.6 Å². The Hall–Kier alpha value is -7.43. The van der Waals surface area contributed by atoms with Gasteiger partial charge in [-0.2, -0.15) is 0 Å². The summed E-state index contributed by atoms with van der Waals surface area (Å²) < 4.78 is 93.8. The Bertz CT molecular complexity index is 4130. The number of fused-ring (bicyclic) bond motifs is 2. The van der Waals surface area contributed by atoms with Gasteiger partial charge < -0.3 is 29.8 Å². The fourth-order valence-corrected chi connectivity index (χ4v) is 10.8. The number of anilines is 2. The highest BCUT2D eigenvalue weighted by Crippen LogP contribution is 2.45. The molecular formula is C57H48Cl2F2N8O7S3. The van der Waals surface area contributed by atoms with Crippen molar-refractivity contribution in [3.8, 4) is 56.7 Å². The van der Waals surface area contributed by atoms with Gasteiger partial charge in [0.25, 0.3) is 0 Å². The quantitative estimate of drug-likeness (QED) is 0.0541. The molecule has 15 nitrogen and oxygen atoms in total. The van der Waals surface area contributed by atoms with Crippen molar-refractivity contribution < 1.29 is 39.5 Å². The van der Waals surface area contributed by atoms with Crippen molar-refractivity contribution in [3.05, 3.63) is 183 Å². The summed E-state index contributed by atoms with van der Waals surface area (Å²) in [6.45, 7) is 1.31. The fraction of sp³-hybridized carbons (Fsp3) is 0.175. The number of nitrogens with one attached hydrogen (secondary N) is 3. The maximum absolute atomic E-state index is 14.1. The smallest absolute Gasteiger partial charge is 0.181 e. The van der Waals surface area contributed by atoms with Crippen LogP contribution in [0.5, 0.6) is 11.5 Å². The van der Waals surface area contributed by atoms with Gasteiger partial charge in [-0.05, 0) is 108 Å². The van der Waals surface area contributed by atoms with Crippen LogP contribution in [0.4, 0.5) is 20.3 Å². The predicted molar refractivity (Wildman–Crippen MR) is 306 cm³/mol. The van der Waals surface area contributed by atoms with Crippen LogP contribution in [0.3, 0.4) is 0 Å². The summed E-state index contributed by atoms with van der Waals surface area (Å²) in [7, 11) is -6.31. The Morgan fingerprint density at radius 1 is 0.658 bits per heavy atom. The van der Waals surface area contributed by atoms with Crippen LogP contribution < -0.4 is 25.4 Å². The standard InChI is InChI=1S/C57H48Cl2F2N8O7S3/c1-78(70,71)21-19-62-28-41-12-18-49(76-41)42-13-15-47-54(53(42)37-10-16-50(44(58)26-37)74-30-34-5-3-7-38(60)23-34)56(66-40-11-17-51(45(59)27-40)75-31-35-6-4-8-39(61)24-35)69-57(68-47)55-43-25-36(9-14-46(43)64-33-65-55)48-32-77-52(67-48)29-63-20-22-79(2,72)73/h3-18,23-27,32-33,62-63H,19-22,28-31H2,1-2H3,(H,66,68,69). The van der Waals surface area contributed by atoms with Gasteiger partial charge in [0.1, 0.15) is 90.4 Å². The number of hydrogen-bond acceptors (Lipinski definition) is 16. The summed E-state index contributed by atoms with van der Waals surface area (Å²) in [6, 6.07) is 35.8. The van der Waals surface area contributed by atoms with E-state index in [1.165, 1.54) is 54.4 Å². The molecule has 0 radical (unpaired) electrons. The van der Waals surface area contributed by atoms with Crippen LogP contribution in [0.25, 0.3) is 67.0 Å². The lowest BCUT2D eigenvalue weighted by atomic mass is 9.93. The van der Waals surface area contributed by atoms with E-state index in [4.69, 9.17) is 57.0 Å². The largest absolute Gasteiger partial charge is 0.487 e. The number of thiazole rings is 1. The third-order valence-electron chi connectivity index (χ3n) is 12.3. The van der Waals surface area contributed by atoms with Crippen LogP contribution in [0.1, 0.15) is 21.9 Å². The summed E-state index contributed by atoms with van der Waals surface area (Å²) in [6.07, 6.45) is 3.83. The van der Waals surface area contributed by atoms with E-state index < -0.39 is 25.5 Å². The van der Waals surface area contributed by atoms with Crippen molar-refractivity contribution in [2.75, 3.05) is 42.4 Å². The van der Waals surface area contributed by atoms with Crippen molar-refractivity contribution in [1.29, 1.82) is 0 Å². The number of nitrogens with zero attached hydrogens (tertiary/aromatic N) is 5. The molecule has 10 rings (SSSR count). The second-order valence-electron chi connectivity index (χ2n) is 18.5. The molecule has 404 valence electrons. The summed E-state index contributed by atoms with van der Waals surface area (Å²) in [5, 5.41) is 14.2. The van der Waals surface area contributed by atoms with Gasteiger partial charge in [0.15, 0.2) is 5.82 Å². The number of furan rings is 1. The lowest BCUT2D eigenvalue weighted by Crippen LogP contribution is -2.21. The summed E-state index contributed by atoms with van der Waals surface area (Å²) in [4.78, 5) is 24.7. The molecule has 0 aliphatic heterocycles. The molecule has 0 amide bonds. The van der Waals surface area contributed by atoms with Crippen molar-refractivity contribution >= 4 is 87.5 Å². The van der Waals surface area contributed by atoms with Crippen LogP contribution >= 0.6 is 34.5 Å². The second kappa shape index (κ2) is 23.9. The SMILES string of the molecule is CS(=O)(=O)CCNCc1ccc(-c2ccc3nc(-c4ncnc5ccc(-c6csc(CNCCS(C)(=O)=O)n6)cc45)nc(Nc4ccc(OCc5cccc(F)c5)c(Cl)c4)c3c2-c2ccc(OCc3cccc(F)c3)c(Cl)c2)o1. The molecule has 6 aromatic carbocycles. The molecule has 0 unspecified atom stereocenters. The highest BCUT2D eigenvalue weighted by Gasteiger charge is 2.24. The van der Waals surface area contributed by atoms with E-state index in [1.807, 2.05) is 53.9 Å². The van der Waals surface area contributed by atoms with Crippen LogP contribution in [-0.4, -0.2) is 78.9 Å². The molecule has 3 N–H and O–H groups in total. The topological polar surface area (TPSA) is 200 Å². The Balaban J connectivity index is 1.09. The second-order valence-corrected chi connectivity index (χ2v) is 24.8. The minimum Gasteiger partial charge on any atom is -0.487 e. The monoisotopic (exact) mass is 1160 g/mol. The molecule has 0 saturated heterocycles. The zero-order chi connectivity index (χ0) is 55.3. The number of ether oxygens (including phenoxy) is 2. The lowest BCUT2D eigenvalue weighted by molar-refractivity contribution is 0.306. The van der Waals surface area contributed by atoms with Crippen molar-refractivity contribution in [3.63, 3.8) is 0 Å². The summed E-state index contributed by atoms with van der Waals surface area (Å²) in [5.74, 6) is 1.51. The van der Waals surface area contributed by atoms with Crippen LogP contribution in [0.15, 0.2) is 144 Å². The van der Waals surface area contributed by atoms with Crippen molar-refractivity contribution in [2.45, 2.75) is 26.3 Å². The van der Waals surface area contributed by atoms with Crippen molar-refractivity contribution in [1.82, 2.24) is 35.6 Å². The van der Waals surface area contributed by atoms with E-state index in [0.29, 0.717) is 109 Å². The van der Waals surface area contributed by atoms with E-state index in [0.717, 1.165) is 10.6 Å². The zero-order valence-electron chi connectivity index (χ0n) is 42.3. The van der Waals surface area contributed by atoms with E-state index in [2.05, 4.69) is 20.9 Å². The molecular weight excluding hydrogens is 1110 g/mol. The average Bonchev–Trinajstić information content (AvgIpc) is 4.22. The van der Waals surface area contributed by atoms with Gasteiger partial charge in [-0.15, -0.1) is 11.3 Å². The first-order valence-corrected chi connectivity index (χ1v) is 30.3. The van der Waals surface area contributed by atoms with E-state index >= 15 is 0 Å². The summed E-state index contributed by atoms with van der Waals surface area (Å²) >= 11 is 15.4. The van der Waals surface area contributed by atoms with Gasteiger partial charge in [0.2, 0.25) is 0 Å². The average molecular weight is 1160 g/mol. The molecule has 0 atom stereocenters. The number of sulfone groups is 2. The molecule has 4 heterocycles. The maximum Gasteiger partial charge on any atom is 0.181 e. The highest BCUT2D eigenvalue weighted by atomic mass is 35.5. The Morgan fingerprint density at radius 3 is 1.99 bits per heavy atom. The third-order valence-corrected chi connectivity index (χ3v) is 15.7. The molecule has 0 saturated carbocycles. The molecule has 0 spiro atoms. The van der Waals surface area contributed by atoms with Crippen LogP contribution in [-0.2, 0) is 46.0 Å². The van der Waals surface area contributed by atoms with Crippen LogP contribution in [0.2, 0.25) is 10.0 Å². The highest BCUT2D eigenvalue weighted by molar-refractivity contribution is 7.90. The molecule has 0 bridgehead atoms. The first kappa shape index (κ1) is 54.9. The molecule has 4 aromatic heterocycles. The molecule has 10 aromatic rings. The third kappa shape index (κ3) is 13.9. The first-order chi connectivity index (χ1) is 38.0. The fourth-order valence-electron chi connectivity index (χ4n) is 8.57. The van der Waals surface area contributed by atoms with Gasteiger partial charge in [0, 0.05) is 65.3 Å². The minimum absolute atomic E-state index is 0.0152. The van der Waals surface area contributed by atoms with Gasteiger partial charge in [-0.3, -0.25) is 0 Å². The van der Waals surface area contributed by atoms with Crippen LogP contribution in [0, 0.1) is 11.6 Å². The maximum atomic E-state index is 14.1. The Kier molecular flexibility index (Phi) is 16.6. The summed E-state index contributed by atoms with van der Waals surface area (Å²) in [5.41, 5.74) is 6.63. The zero-order valence-corrected chi connectivity index (χ0v) is 46.2. The number of halogens is 4. The molecule has 0 aliphatic carbocycles. The molecule has 0 aliphatic rings. The van der Waals surface area contributed by atoms with Crippen molar-refractivity contribution in [2.24, 2.45) is 0 Å². The molecule has 0 fully saturated rings. The van der Waals surface area contributed by atoms with Gasteiger partial charge in [-0.1, -0.05) is 59.6 Å². The van der Waals surface area contributed by atoms with E-state index in [9.17, 15) is 25.6 Å². The molecule has 22 heteroatoms. The Labute approximate surface area is 467 Å². The number of benzene rings is 6. The van der Waals surface area contributed by atoms with Gasteiger partial charge in [-0.25, -0.2) is 50.5 Å². The lowest BCUT2D eigenvalue weighted by Gasteiger charge is -2.18. The number of rotatable bonds is 22.